The SMILES string of the molecule is CC[C@@H](C)NC(=O)[C@H](C)N(Cc1cccc(Cl)c1)C(=O)CCCN(c1cccc(C)c1C)S(C)(=O)=O. The molecule has 0 bridgehead atoms. The summed E-state index contributed by atoms with van der Waals surface area (Å²) in [6, 6.07) is 12.0. The second-order valence-corrected chi connectivity index (χ2v) is 11.6. The molecule has 9 heteroatoms. The molecule has 0 radical (unpaired) electrons. The van der Waals surface area contributed by atoms with Crippen molar-refractivity contribution in [3.05, 3.63) is 64.2 Å². The number of amides is 2. The third-order valence-corrected chi connectivity index (χ3v) is 7.82. The molecular formula is C27H38ClN3O4S. The number of hydrogen-bond donors (Lipinski definition) is 1. The average molecular weight is 536 g/mol. The quantitative estimate of drug-likeness (QED) is 0.421. The molecule has 0 heterocycles. The Morgan fingerprint density at radius 3 is 2.36 bits per heavy atom. The summed E-state index contributed by atoms with van der Waals surface area (Å²) in [5, 5.41) is 3.49. The van der Waals surface area contributed by atoms with Crippen LogP contribution in [0.2, 0.25) is 5.02 Å². The highest BCUT2D eigenvalue weighted by atomic mass is 35.5. The van der Waals surface area contributed by atoms with Crippen LogP contribution in [0.5, 0.6) is 0 Å². The van der Waals surface area contributed by atoms with Crippen LogP contribution in [0.1, 0.15) is 56.7 Å². The zero-order chi connectivity index (χ0) is 27.0. The van der Waals surface area contributed by atoms with E-state index in [4.69, 9.17) is 11.6 Å². The zero-order valence-corrected chi connectivity index (χ0v) is 23.6. The average Bonchev–Trinajstić information content (AvgIpc) is 2.81. The number of nitrogens with zero attached hydrogens (tertiary/aromatic N) is 2. The summed E-state index contributed by atoms with van der Waals surface area (Å²) in [7, 11) is -3.55. The minimum atomic E-state index is -3.55. The van der Waals surface area contributed by atoms with Crippen LogP contribution in [0, 0.1) is 13.8 Å². The second-order valence-electron chi connectivity index (χ2n) is 9.30. The Labute approximate surface area is 220 Å². The lowest BCUT2D eigenvalue weighted by atomic mass is 10.1. The predicted molar refractivity (Wildman–Crippen MR) is 147 cm³/mol. The Morgan fingerprint density at radius 2 is 1.75 bits per heavy atom. The highest BCUT2D eigenvalue weighted by Gasteiger charge is 2.27. The Kier molecular flexibility index (Phi) is 10.8. The van der Waals surface area contributed by atoms with E-state index in [1.165, 1.54) is 15.5 Å². The molecule has 2 aromatic rings. The molecule has 1 N–H and O–H groups in total. The number of sulfonamides is 1. The van der Waals surface area contributed by atoms with Gasteiger partial charge < -0.3 is 10.2 Å². The van der Waals surface area contributed by atoms with Gasteiger partial charge in [-0.3, -0.25) is 13.9 Å². The number of anilines is 1. The fourth-order valence-electron chi connectivity index (χ4n) is 3.87. The number of halogens is 1. The normalized spacial score (nSPS) is 13.1. The lowest BCUT2D eigenvalue weighted by Crippen LogP contribution is -2.49. The molecule has 2 amide bonds. The molecule has 2 atom stereocenters. The summed E-state index contributed by atoms with van der Waals surface area (Å²) in [6.45, 7) is 9.81. The van der Waals surface area contributed by atoms with Crippen LogP contribution < -0.4 is 9.62 Å². The second kappa shape index (κ2) is 13.1. The Balaban J connectivity index is 2.21. The summed E-state index contributed by atoms with van der Waals surface area (Å²) in [6.07, 6.45) is 2.35. The largest absolute Gasteiger partial charge is 0.352 e. The van der Waals surface area contributed by atoms with Gasteiger partial charge in [-0.1, -0.05) is 42.8 Å². The third-order valence-electron chi connectivity index (χ3n) is 6.41. The van der Waals surface area contributed by atoms with Crippen molar-refractivity contribution >= 4 is 39.1 Å². The van der Waals surface area contributed by atoms with E-state index in [-0.39, 0.29) is 37.4 Å². The first-order valence-corrected chi connectivity index (χ1v) is 14.5. The molecule has 2 rings (SSSR count). The molecule has 2 aromatic carbocycles. The molecule has 198 valence electrons. The molecule has 0 saturated heterocycles. The van der Waals surface area contributed by atoms with E-state index in [2.05, 4.69) is 5.32 Å². The summed E-state index contributed by atoms with van der Waals surface area (Å²) >= 11 is 6.14. The van der Waals surface area contributed by atoms with Crippen LogP contribution >= 0.6 is 11.6 Å². The van der Waals surface area contributed by atoms with Crippen molar-refractivity contribution in [1.29, 1.82) is 0 Å². The van der Waals surface area contributed by atoms with Crippen LogP contribution in [-0.2, 0) is 26.2 Å². The van der Waals surface area contributed by atoms with Crippen LogP contribution in [0.4, 0.5) is 5.69 Å². The maximum absolute atomic E-state index is 13.4. The number of carbonyl (C=O) groups is 2. The lowest BCUT2D eigenvalue weighted by Gasteiger charge is -2.30. The molecule has 0 aliphatic heterocycles. The summed E-state index contributed by atoms with van der Waals surface area (Å²) < 4.78 is 26.5. The highest BCUT2D eigenvalue weighted by molar-refractivity contribution is 7.92. The van der Waals surface area contributed by atoms with Gasteiger partial charge in [0.1, 0.15) is 6.04 Å². The molecule has 36 heavy (non-hydrogen) atoms. The molecule has 0 aromatic heterocycles. The number of nitrogens with one attached hydrogen (secondary N) is 1. The first-order chi connectivity index (χ1) is 16.8. The monoisotopic (exact) mass is 535 g/mol. The molecule has 0 aliphatic rings. The number of carbonyl (C=O) groups excluding carboxylic acids is 2. The van der Waals surface area contributed by atoms with E-state index in [1.807, 2.05) is 45.9 Å². The standard InChI is InChI=1S/C27H38ClN3O4S/c1-7-20(3)29-27(33)22(5)30(18-23-12-9-13-24(28)17-23)26(32)15-10-16-31(36(6,34)35)25-14-8-11-19(2)21(25)4/h8-9,11-14,17,20,22H,7,10,15-16,18H2,1-6H3,(H,29,33)/t20-,22+/m1/s1. The third kappa shape index (κ3) is 8.23. The maximum atomic E-state index is 13.4. The van der Waals surface area contributed by atoms with Crippen molar-refractivity contribution in [2.45, 2.75) is 72.5 Å². The molecular weight excluding hydrogens is 498 g/mol. The topological polar surface area (TPSA) is 86.8 Å². The van der Waals surface area contributed by atoms with Crippen molar-refractivity contribution in [1.82, 2.24) is 10.2 Å². The summed E-state index contributed by atoms with van der Waals surface area (Å²) in [5.41, 5.74) is 3.30. The van der Waals surface area contributed by atoms with Gasteiger partial charge in [0.15, 0.2) is 0 Å². The molecule has 0 fully saturated rings. The summed E-state index contributed by atoms with van der Waals surface area (Å²) in [5.74, 6) is -0.455. The van der Waals surface area contributed by atoms with E-state index in [1.54, 1.807) is 31.2 Å². The van der Waals surface area contributed by atoms with Gasteiger partial charge in [0.05, 0.1) is 11.9 Å². The van der Waals surface area contributed by atoms with Gasteiger partial charge in [-0.05, 0) is 75.4 Å². The number of aryl methyl sites for hydroxylation is 1. The van der Waals surface area contributed by atoms with Crippen molar-refractivity contribution in [3.8, 4) is 0 Å². The fourth-order valence-corrected chi connectivity index (χ4v) is 5.10. The predicted octanol–water partition coefficient (Wildman–Crippen LogP) is 4.84. The van der Waals surface area contributed by atoms with Gasteiger partial charge in [0.25, 0.3) is 0 Å². The van der Waals surface area contributed by atoms with Gasteiger partial charge >= 0.3 is 0 Å². The van der Waals surface area contributed by atoms with E-state index in [0.717, 1.165) is 23.1 Å². The first kappa shape index (κ1) is 29.6. The lowest BCUT2D eigenvalue weighted by molar-refractivity contribution is -0.140. The van der Waals surface area contributed by atoms with E-state index < -0.39 is 16.1 Å². The minimum Gasteiger partial charge on any atom is -0.352 e. The molecule has 0 saturated carbocycles. The van der Waals surface area contributed by atoms with Crippen molar-refractivity contribution < 1.29 is 18.0 Å². The Hall–Kier alpha value is -2.58. The Morgan fingerprint density at radius 1 is 1.08 bits per heavy atom. The molecule has 7 nitrogen and oxygen atoms in total. The Bertz CT molecular complexity index is 1170. The van der Waals surface area contributed by atoms with Gasteiger partial charge in [-0.2, -0.15) is 0 Å². The van der Waals surface area contributed by atoms with Gasteiger partial charge in [-0.25, -0.2) is 8.42 Å². The smallest absolute Gasteiger partial charge is 0.242 e. The molecule has 0 spiro atoms. The highest BCUT2D eigenvalue weighted by Crippen LogP contribution is 2.25. The fraction of sp³-hybridized carbons (Fsp3) is 0.481. The van der Waals surface area contributed by atoms with Crippen LogP contribution in [-0.4, -0.2) is 50.0 Å². The van der Waals surface area contributed by atoms with Gasteiger partial charge in [0.2, 0.25) is 21.8 Å². The van der Waals surface area contributed by atoms with Crippen molar-refractivity contribution in [3.63, 3.8) is 0 Å². The van der Waals surface area contributed by atoms with E-state index in [9.17, 15) is 18.0 Å². The maximum Gasteiger partial charge on any atom is 0.242 e. The van der Waals surface area contributed by atoms with Crippen molar-refractivity contribution in [2.24, 2.45) is 0 Å². The van der Waals surface area contributed by atoms with E-state index in [0.29, 0.717) is 17.1 Å². The first-order valence-electron chi connectivity index (χ1n) is 12.2. The molecule has 0 aliphatic carbocycles. The zero-order valence-electron chi connectivity index (χ0n) is 22.0. The number of rotatable bonds is 12. The van der Waals surface area contributed by atoms with Crippen molar-refractivity contribution in [2.75, 3.05) is 17.1 Å². The summed E-state index contributed by atoms with van der Waals surface area (Å²) in [4.78, 5) is 27.8. The van der Waals surface area contributed by atoms with Gasteiger partial charge in [0, 0.05) is 30.6 Å². The molecule has 0 unspecified atom stereocenters. The number of hydrogen-bond acceptors (Lipinski definition) is 4. The van der Waals surface area contributed by atoms with Crippen LogP contribution in [0.15, 0.2) is 42.5 Å². The van der Waals surface area contributed by atoms with Crippen LogP contribution in [0.3, 0.4) is 0 Å². The van der Waals surface area contributed by atoms with E-state index >= 15 is 0 Å². The minimum absolute atomic E-state index is 0.0102. The van der Waals surface area contributed by atoms with Gasteiger partial charge in [-0.15, -0.1) is 0 Å². The number of benzene rings is 2. The van der Waals surface area contributed by atoms with Crippen LogP contribution in [0.25, 0.3) is 0 Å².